The largest absolute Gasteiger partial charge is 0.330 e. The van der Waals surface area contributed by atoms with Gasteiger partial charge in [0.1, 0.15) is 5.82 Å². The predicted molar refractivity (Wildman–Crippen MR) is 74.9 cm³/mol. The third kappa shape index (κ3) is 3.18. The average Bonchev–Trinajstić information content (AvgIpc) is 2.79. The van der Waals surface area contributed by atoms with Gasteiger partial charge in [0, 0.05) is 34.9 Å². The summed E-state index contributed by atoms with van der Waals surface area (Å²) in [5.41, 5.74) is 6.25. The van der Waals surface area contributed by atoms with Gasteiger partial charge in [0.2, 0.25) is 0 Å². The topological polar surface area (TPSA) is 87.0 Å². The summed E-state index contributed by atoms with van der Waals surface area (Å²) in [4.78, 5) is 14.9. The Labute approximate surface area is 118 Å². The molecule has 1 aromatic heterocycles. The van der Waals surface area contributed by atoms with Gasteiger partial charge in [-0.25, -0.2) is 4.98 Å². The first-order valence-electron chi connectivity index (χ1n) is 5.74. The zero-order valence-corrected chi connectivity index (χ0v) is 11.7. The van der Waals surface area contributed by atoms with Gasteiger partial charge in [-0.3, -0.25) is 10.1 Å². The second-order valence-corrected chi connectivity index (χ2v) is 4.96. The second-order valence-electron chi connectivity index (χ2n) is 4.04. The molecule has 0 saturated carbocycles. The number of nitro groups is 1. The zero-order chi connectivity index (χ0) is 13.8. The summed E-state index contributed by atoms with van der Waals surface area (Å²) >= 11 is 3.24. The molecule has 0 atom stereocenters. The van der Waals surface area contributed by atoms with Crippen LogP contribution in [0.25, 0.3) is 0 Å². The SMILES string of the molecule is NCCc1nccn1Cc1ccc(Br)cc1[N+](=O)[O-]. The van der Waals surface area contributed by atoms with Crippen LogP contribution < -0.4 is 5.73 Å². The number of aromatic nitrogens is 2. The van der Waals surface area contributed by atoms with Gasteiger partial charge in [0.25, 0.3) is 5.69 Å². The zero-order valence-electron chi connectivity index (χ0n) is 10.1. The van der Waals surface area contributed by atoms with E-state index in [0.29, 0.717) is 29.5 Å². The average molecular weight is 325 g/mol. The van der Waals surface area contributed by atoms with E-state index in [1.165, 1.54) is 6.07 Å². The second kappa shape index (κ2) is 5.94. The lowest BCUT2D eigenvalue weighted by atomic mass is 10.2. The van der Waals surface area contributed by atoms with Crippen molar-refractivity contribution in [3.05, 3.63) is 56.6 Å². The molecule has 0 fully saturated rings. The minimum Gasteiger partial charge on any atom is -0.330 e. The third-order valence-corrected chi connectivity index (χ3v) is 3.25. The first kappa shape index (κ1) is 13.7. The predicted octanol–water partition coefficient (Wildman–Crippen LogP) is 2.10. The number of hydrogen-bond donors (Lipinski definition) is 1. The minimum absolute atomic E-state index is 0.0989. The summed E-state index contributed by atoms with van der Waals surface area (Å²) in [6.45, 7) is 0.915. The van der Waals surface area contributed by atoms with Crippen LogP contribution in [0, 0.1) is 10.1 Å². The van der Waals surface area contributed by atoms with Crippen LogP contribution in [0.1, 0.15) is 11.4 Å². The molecule has 0 amide bonds. The lowest BCUT2D eigenvalue weighted by Crippen LogP contribution is -2.11. The van der Waals surface area contributed by atoms with Gasteiger partial charge in [-0.05, 0) is 18.7 Å². The van der Waals surface area contributed by atoms with E-state index in [1.807, 2.05) is 4.57 Å². The highest BCUT2D eigenvalue weighted by atomic mass is 79.9. The monoisotopic (exact) mass is 324 g/mol. The molecule has 0 unspecified atom stereocenters. The van der Waals surface area contributed by atoms with Crippen molar-refractivity contribution in [2.45, 2.75) is 13.0 Å². The maximum absolute atomic E-state index is 11.1. The van der Waals surface area contributed by atoms with Crippen LogP contribution in [-0.2, 0) is 13.0 Å². The molecular weight excluding hydrogens is 312 g/mol. The lowest BCUT2D eigenvalue weighted by molar-refractivity contribution is -0.385. The van der Waals surface area contributed by atoms with Gasteiger partial charge in [-0.15, -0.1) is 0 Å². The van der Waals surface area contributed by atoms with Gasteiger partial charge in [0.15, 0.2) is 0 Å². The van der Waals surface area contributed by atoms with Gasteiger partial charge >= 0.3 is 0 Å². The molecule has 0 aliphatic carbocycles. The Morgan fingerprint density at radius 3 is 2.95 bits per heavy atom. The molecule has 0 aliphatic rings. The van der Waals surface area contributed by atoms with Crippen LogP contribution in [0.2, 0.25) is 0 Å². The van der Waals surface area contributed by atoms with Crippen molar-refractivity contribution in [1.82, 2.24) is 9.55 Å². The fourth-order valence-corrected chi connectivity index (χ4v) is 2.21. The number of nitrogens with zero attached hydrogens (tertiary/aromatic N) is 3. The van der Waals surface area contributed by atoms with Crippen molar-refractivity contribution in [3.63, 3.8) is 0 Å². The summed E-state index contributed by atoms with van der Waals surface area (Å²) in [6, 6.07) is 5.05. The number of rotatable bonds is 5. The van der Waals surface area contributed by atoms with Crippen LogP contribution in [0.4, 0.5) is 5.69 Å². The normalized spacial score (nSPS) is 10.6. The molecule has 1 aromatic carbocycles. The molecule has 2 rings (SSSR count). The Morgan fingerprint density at radius 1 is 1.47 bits per heavy atom. The Balaban J connectivity index is 2.32. The fraction of sp³-hybridized carbons (Fsp3) is 0.250. The highest BCUT2D eigenvalue weighted by molar-refractivity contribution is 9.10. The van der Waals surface area contributed by atoms with E-state index in [0.717, 1.165) is 5.82 Å². The van der Waals surface area contributed by atoms with Gasteiger partial charge in [0.05, 0.1) is 11.5 Å². The minimum atomic E-state index is -0.375. The number of imidazole rings is 1. The number of hydrogen-bond acceptors (Lipinski definition) is 4. The van der Waals surface area contributed by atoms with E-state index in [1.54, 1.807) is 24.5 Å². The highest BCUT2D eigenvalue weighted by Gasteiger charge is 2.15. The maximum Gasteiger partial charge on any atom is 0.275 e. The molecule has 0 saturated heterocycles. The van der Waals surface area contributed by atoms with E-state index >= 15 is 0 Å². The fourth-order valence-electron chi connectivity index (χ4n) is 1.87. The highest BCUT2D eigenvalue weighted by Crippen LogP contribution is 2.24. The molecule has 6 nitrogen and oxygen atoms in total. The number of nitro benzene ring substituents is 1. The Morgan fingerprint density at radius 2 is 2.26 bits per heavy atom. The van der Waals surface area contributed by atoms with Crippen molar-refractivity contribution in [2.75, 3.05) is 6.54 Å². The van der Waals surface area contributed by atoms with Crippen molar-refractivity contribution in [2.24, 2.45) is 5.73 Å². The maximum atomic E-state index is 11.1. The Kier molecular flexibility index (Phi) is 4.28. The molecule has 7 heteroatoms. The molecule has 19 heavy (non-hydrogen) atoms. The molecule has 1 heterocycles. The standard InChI is InChI=1S/C12H13BrN4O2/c13-10-2-1-9(11(7-10)17(18)19)8-16-6-5-15-12(16)3-4-14/h1-2,5-7H,3-4,8,14H2. The van der Waals surface area contributed by atoms with Crippen molar-refractivity contribution in [3.8, 4) is 0 Å². The molecule has 0 aliphatic heterocycles. The lowest BCUT2D eigenvalue weighted by Gasteiger charge is -2.08. The third-order valence-electron chi connectivity index (χ3n) is 2.75. The van der Waals surface area contributed by atoms with Crippen LogP contribution >= 0.6 is 15.9 Å². The van der Waals surface area contributed by atoms with E-state index < -0.39 is 0 Å². The summed E-state index contributed by atoms with van der Waals surface area (Å²) in [5, 5.41) is 11.1. The smallest absolute Gasteiger partial charge is 0.275 e. The molecule has 100 valence electrons. The van der Waals surface area contributed by atoms with Gasteiger partial charge in [-0.1, -0.05) is 15.9 Å². The first-order valence-corrected chi connectivity index (χ1v) is 6.54. The van der Waals surface area contributed by atoms with Crippen molar-refractivity contribution < 1.29 is 4.92 Å². The van der Waals surface area contributed by atoms with Gasteiger partial charge in [-0.2, -0.15) is 0 Å². The first-order chi connectivity index (χ1) is 9.11. The molecule has 2 aromatic rings. The quantitative estimate of drug-likeness (QED) is 0.674. The molecule has 0 bridgehead atoms. The van der Waals surface area contributed by atoms with Crippen LogP contribution in [0.5, 0.6) is 0 Å². The molecule has 0 spiro atoms. The molecule has 0 radical (unpaired) electrons. The number of benzene rings is 1. The summed E-state index contributed by atoms with van der Waals surface area (Å²) in [6.07, 6.45) is 4.13. The van der Waals surface area contributed by atoms with Crippen LogP contribution in [0.15, 0.2) is 35.1 Å². The molecule has 2 N–H and O–H groups in total. The Hall–Kier alpha value is -1.73. The van der Waals surface area contributed by atoms with Gasteiger partial charge < -0.3 is 10.3 Å². The molecular formula is C12H13BrN4O2. The van der Waals surface area contributed by atoms with E-state index in [9.17, 15) is 10.1 Å². The summed E-state index contributed by atoms with van der Waals surface area (Å²) in [7, 11) is 0. The van der Waals surface area contributed by atoms with Crippen molar-refractivity contribution in [1.29, 1.82) is 0 Å². The Bertz CT molecular complexity index is 597. The van der Waals surface area contributed by atoms with Crippen LogP contribution in [0.3, 0.4) is 0 Å². The van der Waals surface area contributed by atoms with Crippen molar-refractivity contribution >= 4 is 21.6 Å². The summed E-state index contributed by atoms with van der Waals surface area (Å²) in [5.74, 6) is 0.833. The number of nitrogens with two attached hydrogens (primary N) is 1. The summed E-state index contributed by atoms with van der Waals surface area (Å²) < 4.78 is 2.57. The number of halogens is 1. The van der Waals surface area contributed by atoms with E-state index in [2.05, 4.69) is 20.9 Å². The van der Waals surface area contributed by atoms with E-state index in [-0.39, 0.29) is 10.6 Å². The van der Waals surface area contributed by atoms with Crippen LogP contribution in [-0.4, -0.2) is 21.0 Å². The van der Waals surface area contributed by atoms with E-state index in [4.69, 9.17) is 5.73 Å².